The standard InChI is InChI=1S/C30H29N3O3.ClH/c34-28-24-15-7-13-23-14-8-16-33(27(23)24)30(36)25(28)29(35)32-19-17-31(18-20-32)26(21-9-3-1-4-10-21)22-11-5-2-6-12-22;/h1-7,9-13,15,26,34H,8,14,16-20H2;1H. The molecule has 2 aliphatic heterocycles. The number of halogens is 1. The third-order valence-corrected chi connectivity index (χ3v) is 7.75. The first-order valence-electron chi connectivity index (χ1n) is 12.7. The maximum Gasteiger partial charge on any atom is 0.267 e. The van der Waals surface area contributed by atoms with Gasteiger partial charge in [0.05, 0.1) is 31.7 Å². The van der Waals surface area contributed by atoms with Gasteiger partial charge in [-0.15, -0.1) is 0 Å². The van der Waals surface area contributed by atoms with E-state index in [4.69, 9.17) is 0 Å². The number of aromatic nitrogens is 1. The van der Waals surface area contributed by atoms with Gasteiger partial charge in [0.15, 0.2) is 0 Å². The van der Waals surface area contributed by atoms with Gasteiger partial charge in [-0.05, 0) is 24.5 Å². The molecular formula is C30H30ClN3O3. The molecule has 4 aromatic rings. The minimum atomic E-state index is -0.377. The maximum absolute atomic E-state index is 13.6. The van der Waals surface area contributed by atoms with E-state index in [2.05, 4.69) is 48.5 Å². The number of hydrogen-bond donors (Lipinski definition) is 2. The fourth-order valence-electron chi connectivity index (χ4n) is 6.01. The molecule has 0 bridgehead atoms. The van der Waals surface area contributed by atoms with Gasteiger partial charge in [-0.2, -0.15) is 0 Å². The summed E-state index contributed by atoms with van der Waals surface area (Å²) < 4.78 is 1.68. The van der Waals surface area contributed by atoms with Gasteiger partial charge in [-0.25, -0.2) is 0 Å². The van der Waals surface area contributed by atoms with Crippen molar-refractivity contribution >= 4 is 16.8 Å². The van der Waals surface area contributed by atoms with Gasteiger partial charge in [0, 0.05) is 23.1 Å². The highest BCUT2D eigenvalue weighted by atomic mass is 35.5. The van der Waals surface area contributed by atoms with Crippen LogP contribution in [0.5, 0.6) is 5.75 Å². The van der Waals surface area contributed by atoms with Crippen LogP contribution >= 0.6 is 0 Å². The van der Waals surface area contributed by atoms with Crippen LogP contribution in [0.2, 0.25) is 0 Å². The van der Waals surface area contributed by atoms with E-state index in [-0.39, 0.29) is 41.2 Å². The molecule has 3 aromatic carbocycles. The van der Waals surface area contributed by atoms with Crippen molar-refractivity contribution in [1.82, 2.24) is 9.47 Å². The molecule has 0 unspecified atom stereocenters. The van der Waals surface area contributed by atoms with E-state index in [1.807, 2.05) is 24.3 Å². The Morgan fingerprint density at radius 3 is 2.08 bits per heavy atom. The smallest absolute Gasteiger partial charge is 0.267 e. The van der Waals surface area contributed by atoms with Gasteiger partial charge in [-0.1, -0.05) is 72.8 Å². The average Bonchev–Trinajstić information content (AvgIpc) is 2.93. The Labute approximate surface area is 222 Å². The van der Waals surface area contributed by atoms with Crippen molar-refractivity contribution in [2.75, 3.05) is 26.2 Å². The lowest BCUT2D eigenvalue weighted by Gasteiger charge is -2.37. The number of piperazine rings is 1. The van der Waals surface area contributed by atoms with E-state index in [1.54, 1.807) is 15.5 Å². The van der Waals surface area contributed by atoms with E-state index >= 15 is 0 Å². The monoisotopic (exact) mass is 515 g/mol. The summed E-state index contributed by atoms with van der Waals surface area (Å²) in [5, 5.41) is 11.7. The molecule has 1 saturated heterocycles. The van der Waals surface area contributed by atoms with Crippen molar-refractivity contribution in [1.29, 1.82) is 0 Å². The quantitative estimate of drug-likeness (QED) is 0.395. The Morgan fingerprint density at radius 2 is 1.46 bits per heavy atom. The number of nitrogens with one attached hydrogen (secondary N) is 1. The van der Waals surface area contributed by atoms with E-state index < -0.39 is 0 Å². The summed E-state index contributed by atoms with van der Waals surface area (Å²) in [7, 11) is 0. The van der Waals surface area contributed by atoms with Crippen LogP contribution in [0.3, 0.4) is 0 Å². The molecule has 1 fully saturated rings. The summed E-state index contributed by atoms with van der Waals surface area (Å²) in [6, 6.07) is 26.8. The second-order valence-corrected chi connectivity index (χ2v) is 9.80. The number of aryl methyl sites for hydroxylation is 2. The minimum absolute atomic E-state index is 0. The lowest BCUT2D eigenvalue weighted by Crippen LogP contribution is -3.15. The first kappa shape index (κ1) is 25.1. The molecule has 37 heavy (non-hydrogen) atoms. The van der Waals surface area contributed by atoms with Crippen LogP contribution in [0.4, 0.5) is 0 Å². The van der Waals surface area contributed by atoms with Crippen molar-refractivity contribution in [3.63, 3.8) is 0 Å². The minimum Gasteiger partial charge on any atom is -1.00 e. The molecule has 0 aliphatic carbocycles. The maximum atomic E-state index is 13.6. The first-order valence-corrected chi connectivity index (χ1v) is 12.7. The van der Waals surface area contributed by atoms with Crippen LogP contribution in [0.1, 0.15) is 39.5 Å². The number of aromatic hydroxyl groups is 1. The number of carbonyl (C=O) groups excluding carboxylic acids is 1. The molecule has 6 rings (SSSR count). The molecule has 1 amide bonds. The molecule has 0 atom stereocenters. The van der Waals surface area contributed by atoms with Crippen molar-refractivity contribution in [3.8, 4) is 5.75 Å². The van der Waals surface area contributed by atoms with E-state index in [0.29, 0.717) is 25.0 Å². The molecule has 0 radical (unpaired) electrons. The molecule has 2 N–H and O–H groups in total. The predicted octanol–water partition coefficient (Wildman–Crippen LogP) is -0.212. The molecule has 6 nitrogen and oxygen atoms in total. The molecular weight excluding hydrogens is 486 g/mol. The number of pyridine rings is 1. The fourth-order valence-corrected chi connectivity index (χ4v) is 6.01. The van der Waals surface area contributed by atoms with Crippen molar-refractivity contribution in [3.05, 3.63) is 111 Å². The Hall–Kier alpha value is -3.61. The van der Waals surface area contributed by atoms with Gasteiger partial charge in [-0.3, -0.25) is 9.59 Å². The van der Waals surface area contributed by atoms with Gasteiger partial charge in [0.25, 0.3) is 11.5 Å². The highest BCUT2D eigenvalue weighted by Gasteiger charge is 2.34. The number of benzene rings is 3. The molecule has 7 heteroatoms. The lowest BCUT2D eigenvalue weighted by molar-refractivity contribution is -0.929. The van der Waals surface area contributed by atoms with Crippen molar-refractivity contribution < 1.29 is 27.2 Å². The number of rotatable bonds is 4. The molecule has 3 heterocycles. The number of carbonyl (C=O) groups is 1. The number of nitrogens with zero attached hydrogens (tertiary/aromatic N) is 2. The Balaban J connectivity index is 0.00000280. The Kier molecular flexibility index (Phi) is 7.04. The second kappa shape index (κ2) is 10.4. The highest BCUT2D eigenvalue weighted by molar-refractivity contribution is 6.03. The zero-order valence-electron chi connectivity index (χ0n) is 20.6. The molecule has 0 spiro atoms. The lowest BCUT2D eigenvalue weighted by atomic mass is 9.96. The number of quaternary nitrogens is 1. The zero-order chi connectivity index (χ0) is 24.6. The summed E-state index contributed by atoms with van der Waals surface area (Å²) in [6.07, 6.45) is 1.73. The molecule has 2 aliphatic rings. The number of amides is 1. The van der Waals surface area contributed by atoms with Crippen molar-refractivity contribution in [2.24, 2.45) is 0 Å². The second-order valence-electron chi connectivity index (χ2n) is 9.80. The third kappa shape index (κ3) is 4.41. The summed E-state index contributed by atoms with van der Waals surface area (Å²) in [6.45, 7) is 3.14. The Bertz CT molecular complexity index is 1440. The highest BCUT2D eigenvalue weighted by Crippen LogP contribution is 2.32. The van der Waals surface area contributed by atoms with E-state index in [1.165, 1.54) is 16.0 Å². The molecule has 1 aromatic heterocycles. The topological polar surface area (TPSA) is 67.0 Å². The van der Waals surface area contributed by atoms with Crippen LogP contribution in [0.15, 0.2) is 83.7 Å². The van der Waals surface area contributed by atoms with Gasteiger partial charge in [0.2, 0.25) is 0 Å². The molecule has 0 saturated carbocycles. The van der Waals surface area contributed by atoms with E-state index in [0.717, 1.165) is 37.0 Å². The Morgan fingerprint density at radius 1 is 0.838 bits per heavy atom. The van der Waals surface area contributed by atoms with Gasteiger partial charge in [0.1, 0.15) is 17.4 Å². The third-order valence-electron chi connectivity index (χ3n) is 7.75. The van der Waals surface area contributed by atoms with Crippen LogP contribution in [-0.2, 0) is 13.0 Å². The van der Waals surface area contributed by atoms with Crippen LogP contribution < -0.4 is 22.9 Å². The predicted molar refractivity (Wildman–Crippen MR) is 140 cm³/mol. The summed E-state index contributed by atoms with van der Waals surface area (Å²) in [4.78, 5) is 30.1. The normalized spacial score (nSPS) is 15.5. The SMILES string of the molecule is O=C(c1c(O)c2cccc3c2n(c1=O)CCC3)N1CC[NH+](C(c2ccccc2)c2ccccc2)CC1.[Cl-]. The van der Waals surface area contributed by atoms with Crippen LogP contribution in [0, 0.1) is 0 Å². The fraction of sp³-hybridized carbons (Fsp3) is 0.267. The zero-order valence-corrected chi connectivity index (χ0v) is 21.3. The van der Waals surface area contributed by atoms with Crippen LogP contribution in [-0.4, -0.2) is 46.7 Å². The summed E-state index contributed by atoms with van der Waals surface area (Å²) in [5.41, 5.74) is 3.85. The van der Waals surface area contributed by atoms with Crippen LogP contribution in [0.25, 0.3) is 10.9 Å². The first-order chi connectivity index (χ1) is 17.6. The van der Waals surface area contributed by atoms with Gasteiger partial charge < -0.3 is 31.9 Å². The number of para-hydroxylation sites is 1. The average molecular weight is 516 g/mol. The largest absolute Gasteiger partial charge is 1.00 e. The summed E-state index contributed by atoms with van der Waals surface area (Å²) >= 11 is 0. The molecule has 190 valence electrons. The summed E-state index contributed by atoms with van der Waals surface area (Å²) in [5.74, 6) is -0.546. The number of hydrogen-bond acceptors (Lipinski definition) is 3. The van der Waals surface area contributed by atoms with Gasteiger partial charge >= 0.3 is 0 Å². The van der Waals surface area contributed by atoms with Crippen molar-refractivity contribution in [2.45, 2.75) is 25.4 Å². The van der Waals surface area contributed by atoms with E-state index in [9.17, 15) is 14.7 Å².